The van der Waals surface area contributed by atoms with Crippen molar-refractivity contribution in [2.75, 3.05) is 19.9 Å². The minimum atomic E-state index is -0.767. The maximum Gasteiger partial charge on any atom is 0.301 e. The summed E-state index contributed by atoms with van der Waals surface area (Å²) in [4.78, 5) is 25.2. The summed E-state index contributed by atoms with van der Waals surface area (Å²) >= 11 is 0. The molecule has 6 nitrogen and oxygen atoms in total. The van der Waals surface area contributed by atoms with Crippen LogP contribution in [0.4, 0.5) is 0 Å². The molecule has 1 aromatic rings. The Kier molecular flexibility index (Phi) is 4.15. The van der Waals surface area contributed by atoms with Crippen molar-refractivity contribution in [3.63, 3.8) is 0 Å². The second-order valence-electron chi connectivity index (χ2n) is 3.76. The molecular weight excluding hydrogens is 250 g/mol. The molecule has 0 unspecified atom stereocenters. The van der Waals surface area contributed by atoms with Gasteiger partial charge in [-0.2, -0.15) is 0 Å². The number of nitrogens with zero attached hydrogens (tertiary/aromatic N) is 1. The van der Waals surface area contributed by atoms with Crippen LogP contribution < -0.4 is 0 Å². The third-order valence-corrected chi connectivity index (χ3v) is 2.52. The number of rotatable bonds is 5. The van der Waals surface area contributed by atoms with Gasteiger partial charge in [0.2, 0.25) is 12.7 Å². The van der Waals surface area contributed by atoms with Crippen LogP contribution in [0.25, 0.3) is 0 Å². The van der Waals surface area contributed by atoms with Gasteiger partial charge in [-0.3, -0.25) is 14.5 Å². The van der Waals surface area contributed by atoms with Gasteiger partial charge in [0.05, 0.1) is 13.2 Å². The number of Topliss-reactive ketones (excluding diaryl/α,β-unsaturated/α-hetero) is 1. The van der Waals surface area contributed by atoms with E-state index >= 15 is 0 Å². The summed E-state index contributed by atoms with van der Waals surface area (Å²) in [6, 6.07) is 8.20. The van der Waals surface area contributed by atoms with Gasteiger partial charge in [0, 0.05) is 5.56 Å². The van der Waals surface area contributed by atoms with Crippen LogP contribution in [0.2, 0.25) is 0 Å². The predicted octanol–water partition coefficient (Wildman–Crippen LogP) is 0.493. The zero-order valence-corrected chi connectivity index (χ0v) is 10.1. The molecule has 1 aliphatic heterocycles. The maximum atomic E-state index is 12.1. The van der Waals surface area contributed by atoms with E-state index in [9.17, 15) is 9.59 Å². The first-order chi connectivity index (χ1) is 9.24. The van der Waals surface area contributed by atoms with Crippen LogP contribution in [-0.2, 0) is 14.3 Å². The van der Waals surface area contributed by atoms with Gasteiger partial charge < -0.3 is 14.6 Å². The number of hydrogen-bond acceptors (Lipinski definition) is 5. The van der Waals surface area contributed by atoms with E-state index in [1.54, 1.807) is 30.3 Å². The van der Waals surface area contributed by atoms with Gasteiger partial charge in [-0.25, -0.2) is 0 Å². The largest absolute Gasteiger partial charge is 0.459 e. The van der Waals surface area contributed by atoms with E-state index in [2.05, 4.69) is 0 Å². The van der Waals surface area contributed by atoms with Gasteiger partial charge >= 0.3 is 5.91 Å². The molecule has 0 bridgehead atoms. The first kappa shape index (κ1) is 13.1. The zero-order chi connectivity index (χ0) is 13.7. The minimum absolute atomic E-state index is 0.00985. The highest BCUT2D eigenvalue weighted by Crippen LogP contribution is 2.14. The number of ether oxygens (including phenoxy) is 2. The zero-order valence-electron chi connectivity index (χ0n) is 10.1. The standard InChI is InChI=1S/C13H13NO5/c15-7-6-14(11-8-18-9-19-11)13(17)12(16)10-4-2-1-3-5-10/h1-5,8,15H,6-7,9H2. The fourth-order valence-electron chi connectivity index (χ4n) is 1.62. The molecule has 0 saturated carbocycles. The summed E-state index contributed by atoms with van der Waals surface area (Å²) in [7, 11) is 0. The monoisotopic (exact) mass is 263 g/mol. The molecule has 1 aliphatic rings. The molecule has 0 spiro atoms. The Morgan fingerprint density at radius 3 is 2.58 bits per heavy atom. The first-order valence-electron chi connectivity index (χ1n) is 5.70. The van der Waals surface area contributed by atoms with E-state index in [1.807, 2.05) is 0 Å². The van der Waals surface area contributed by atoms with Crippen LogP contribution in [0.3, 0.4) is 0 Å². The fraction of sp³-hybridized carbons (Fsp3) is 0.231. The molecule has 6 heteroatoms. The smallest absolute Gasteiger partial charge is 0.301 e. The first-order valence-corrected chi connectivity index (χ1v) is 5.70. The lowest BCUT2D eigenvalue weighted by Gasteiger charge is -2.19. The maximum absolute atomic E-state index is 12.1. The third-order valence-electron chi connectivity index (χ3n) is 2.52. The average Bonchev–Trinajstić information content (AvgIpc) is 2.98. The highest BCUT2D eigenvalue weighted by molar-refractivity contribution is 6.43. The summed E-state index contributed by atoms with van der Waals surface area (Å²) in [6.07, 6.45) is 1.24. The van der Waals surface area contributed by atoms with Crippen molar-refractivity contribution in [1.82, 2.24) is 4.90 Å². The second-order valence-corrected chi connectivity index (χ2v) is 3.76. The lowest BCUT2D eigenvalue weighted by Crippen LogP contribution is -2.38. The van der Waals surface area contributed by atoms with Gasteiger partial charge in [-0.05, 0) is 0 Å². The van der Waals surface area contributed by atoms with Crippen molar-refractivity contribution in [2.45, 2.75) is 0 Å². The van der Waals surface area contributed by atoms with Gasteiger partial charge in [0.25, 0.3) is 5.78 Å². The van der Waals surface area contributed by atoms with E-state index in [4.69, 9.17) is 14.6 Å². The second kappa shape index (κ2) is 6.01. The normalized spacial score (nSPS) is 13.2. The fourth-order valence-corrected chi connectivity index (χ4v) is 1.62. The molecule has 0 aliphatic carbocycles. The predicted molar refractivity (Wildman–Crippen MR) is 64.7 cm³/mol. The van der Waals surface area contributed by atoms with Gasteiger partial charge in [0.15, 0.2) is 0 Å². The summed E-state index contributed by atoms with van der Waals surface area (Å²) in [6.45, 7) is -0.328. The number of amides is 1. The molecule has 1 heterocycles. The van der Waals surface area contributed by atoms with Crippen LogP contribution in [0.15, 0.2) is 42.5 Å². The number of benzene rings is 1. The summed E-state index contributed by atoms with van der Waals surface area (Å²) in [5, 5.41) is 8.97. The molecular formula is C13H13NO5. The van der Waals surface area contributed by atoms with Crippen LogP contribution in [0.5, 0.6) is 0 Å². The Labute approximate surface area is 109 Å². The molecule has 2 rings (SSSR count). The Morgan fingerprint density at radius 1 is 1.26 bits per heavy atom. The molecule has 0 atom stereocenters. The van der Waals surface area contributed by atoms with E-state index < -0.39 is 11.7 Å². The highest BCUT2D eigenvalue weighted by Gasteiger charge is 2.28. The summed E-state index contributed by atoms with van der Waals surface area (Å²) < 4.78 is 9.90. The minimum Gasteiger partial charge on any atom is -0.459 e. The molecule has 1 amide bonds. The topological polar surface area (TPSA) is 76.1 Å². The van der Waals surface area contributed by atoms with Crippen LogP contribution in [0, 0.1) is 0 Å². The summed E-state index contributed by atoms with van der Waals surface area (Å²) in [5.74, 6) is -1.30. The number of carbonyl (C=O) groups excluding carboxylic acids is 2. The molecule has 0 radical (unpaired) electrons. The Bertz CT molecular complexity index is 497. The summed E-state index contributed by atoms with van der Waals surface area (Å²) in [5.41, 5.74) is 0.287. The molecule has 19 heavy (non-hydrogen) atoms. The van der Waals surface area contributed by atoms with E-state index in [1.165, 1.54) is 6.26 Å². The Balaban J connectivity index is 2.17. The van der Waals surface area contributed by atoms with Crippen molar-refractivity contribution in [1.29, 1.82) is 0 Å². The van der Waals surface area contributed by atoms with Crippen molar-refractivity contribution in [3.05, 3.63) is 48.0 Å². The number of aliphatic hydroxyl groups excluding tert-OH is 1. The van der Waals surface area contributed by atoms with E-state index in [-0.39, 0.29) is 31.4 Å². The van der Waals surface area contributed by atoms with Crippen LogP contribution in [-0.4, -0.2) is 41.6 Å². The SMILES string of the molecule is O=C(C(=O)N(CCO)C1=COCO1)c1ccccc1. The molecule has 0 fully saturated rings. The molecule has 1 N–H and O–H groups in total. The average molecular weight is 263 g/mol. The molecule has 0 saturated heterocycles. The van der Waals surface area contributed by atoms with Crippen LogP contribution >= 0.6 is 0 Å². The Hall–Kier alpha value is -2.34. The molecule has 1 aromatic carbocycles. The van der Waals surface area contributed by atoms with E-state index in [0.29, 0.717) is 0 Å². The number of carbonyl (C=O) groups is 2. The quantitative estimate of drug-likeness (QED) is 0.618. The number of ketones is 1. The highest BCUT2D eigenvalue weighted by atomic mass is 16.7. The van der Waals surface area contributed by atoms with Crippen molar-refractivity contribution >= 4 is 11.7 Å². The Morgan fingerprint density at radius 2 is 2.00 bits per heavy atom. The van der Waals surface area contributed by atoms with Gasteiger partial charge in [-0.15, -0.1) is 0 Å². The van der Waals surface area contributed by atoms with Crippen LogP contribution in [0.1, 0.15) is 10.4 Å². The van der Waals surface area contributed by atoms with E-state index in [0.717, 1.165) is 4.90 Å². The lowest BCUT2D eigenvalue weighted by molar-refractivity contribution is -0.127. The number of hydrogen-bond donors (Lipinski definition) is 1. The lowest BCUT2D eigenvalue weighted by atomic mass is 10.1. The molecule has 0 aromatic heterocycles. The van der Waals surface area contributed by atoms with Gasteiger partial charge in [-0.1, -0.05) is 30.3 Å². The van der Waals surface area contributed by atoms with Crippen molar-refractivity contribution < 1.29 is 24.2 Å². The van der Waals surface area contributed by atoms with Gasteiger partial charge in [0.1, 0.15) is 6.26 Å². The van der Waals surface area contributed by atoms with Crippen molar-refractivity contribution in [2.24, 2.45) is 0 Å². The third kappa shape index (κ3) is 2.92. The van der Waals surface area contributed by atoms with Crippen molar-refractivity contribution in [3.8, 4) is 0 Å². The molecule has 100 valence electrons. The number of aliphatic hydroxyl groups is 1.